The van der Waals surface area contributed by atoms with Crippen LogP contribution in [0.4, 0.5) is 0 Å². The fourth-order valence-electron chi connectivity index (χ4n) is 2.99. The van der Waals surface area contributed by atoms with Gasteiger partial charge >= 0.3 is 0 Å². The summed E-state index contributed by atoms with van der Waals surface area (Å²) in [5.41, 5.74) is 5.16. The molecule has 3 aromatic carbocycles. The zero-order valence-corrected chi connectivity index (χ0v) is 20.0. The molecule has 1 N–H and O–H groups in total. The highest BCUT2D eigenvalue weighted by Crippen LogP contribution is 2.17. The molecule has 0 spiro atoms. The first-order valence-corrected chi connectivity index (χ1v) is 12.3. The van der Waals surface area contributed by atoms with E-state index in [1.54, 1.807) is 24.3 Å². The molecule has 0 heterocycles. The van der Waals surface area contributed by atoms with Crippen LogP contribution in [0.5, 0.6) is 0 Å². The lowest BCUT2D eigenvalue weighted by Gasteiger charge is -2.21. The van der Waals surface area contributed by atoms with E-state index in [0.29, 0.717) is 6.42 Å². The minimum absolute atomic E-state index is 0.153. The maximum absolute atomic E-state index is 13.2. The van der Waals surface area contributed by atoms with Crippen molar-refractivity contribution in [3.63, 3.8) is 0 Å². The third-order valence-corrected chi connectivity index (χ3v) is 7.35. The van der Waals surface area contributed by atoms with E-state index in [2.05, 4.69) is 26.5 Å². The van der Waals surface area contributed by atoms with E-state index >= 15 is 0 Å². The van der Waals surface area contributed by atoms with Crippen LogP contribution < -0.4 is 5.43 Å². The molecule has 32 heavy (non-hydrogen) atoms. The van der Waals surface area contributed by atoms with Gasteiger partial charge in [-0.25, -0.2) is 13.8 Å². The van der Waals surface area contributed by atoms with Gasteiger partial charge in [0, 0.05) is 16.6 Å². The van der Waals surface area contributed by atoms with Crippen LogP contribution in [0.1, 0.15) is 16.7 Å². The second-order valence-corrected chi connectivity index (χ2v) is 9.99. The number of sulfonamides is 1. The van der Waals surface area contributed by atoms with Crippen LogP contribution in [0.15, 0.2) is 93.3 Å². The Bertz CT molecular complexity index is 1180. The average Bonchev–Trinajstić information content (AvgIpc) is 2.79. The number of carbonyl (C=O) groups is 1. The largest absolute Gasteiger partial charge is 0.272 e. The van der Waals surface area contributed by atoms with Crippen molar-refractivity contribution in [3.05, 3.63) is 100 Å². The molecule has 0 saturated heterocycles. The summed E-state index contributed by atoms with van der Waals surface area (Å²) < 4.78 is 28.5. The summed E-state index contributed by atoms with van der Waals surface area (Å²) in [5, 5.41) is 3.96. The first kappa shape index (κ1) is 23.8. The van der Waals surface area contributed by atoms with Crippen LogP contribution in [0.3, 0.4) is 0 Å². The van der Waals surface area contributed by atoms with E-state index in [4.69, 9.17) is 0 Å². The quantitative estimate of drug-likeness (QED) is 0.345. The highest BCUT2D eigenvalue weighted by Gasteiger charge is 2.26. The molecule has 0 fully saturated rings. The van der Waals surface area contributed by atoms with Crippen LogP contribution in [-0.2, 0) is 21.2 Å². The Hall–Kier alpha value is -2.81. The van der Waals surface area contributed by atoms with Gasteiger partial charge in [0.2, 0.25) is 10.0 Å². The van der Waals surface area contributed by atoms with Crippen molar-refractivity contribution >= 4 is 38.1 Å². The predicted octanol–water partition coefficient (Wildman–Crippen LogP) is 4.14. The van der Waals surface area contributed by atoms with Crippen molar-refractivity contribution in [2.24, 2.45) is 5.10 Å². The molecule has 0 radical (unpaired) electrons. The van der Waals surface area contributed by atoms with Gasteiger partial charge in [-0.2, -0.15) is 9.41 Å². The van der Waals surface area contributed by atoms with Gasteiger partial charge < -0.3 is 0 Å². The summed E-state index contributed by atoms with van der Waals surface area (Å²) in [6, 6.07) is 23.6. The van der Waals surface area contributed by atoms with E-state index in [1.165, 1.54) is 10.5 Å². The maximum Gasteiger partial charge on any atom is 0.255 e. The first-order valence-electron chi connectivity index (χ1n) is 10.0. The van der Waals surface area contributed by atoms with Crippen molar-refractivity contribution in [2.75, 3.05) is 13.1 Å². The number of hydrazone groups is 1. The number of amides is 1. The molecule has 0 aliphatic rings. The Labute approximate surface area is 197 Å². The molecule has 3 rings (SSSR count). The molecule has 0 saturated carbocycles. The van der Waals surface area contributed by atoms with Crippen molar-refractivity contribution in [1.29, 1.82) is 0 Å². The average molecular weight is 514 g/mol. The number of rotatable bonds is 9. The SMILES string of the molecule is Cc1ccc(S(=O)(=O)N(CCc2ccccc2)CC(=O)N/N=C\c2ccccc2Br)cc1. The lowest BCUT2D eigenvalue weighted by Crippen LogP contribution is -2.40. The zero-order chi connectivity index (χ0) is 23.0. The first-order chi connectivity index (χ1) is 15.4. The molecular weight excluding hydrogens is 490 g/mol. The molecule has 3 aromatic rings. The van der Waals surface area contributed by atoms with Gasteiger partial charge in [-0.3, -0.25) is 4.79 Å². The molecule has 1 amide bonds. The van der Waals surface area contributed by atoms with Crippen LogP contribution >= 0.6 is 15.9 Å². The fraction of sp³-hybridized carbons (Fsp3) is 0.167. The van der Waals surface area contributed by atoms with E-state index in [-0.39, 0.29) is 18.0 Å². The second kappa shape index (κ2) is 11.2. The Balaban J connectivity index is 1.74. The molecule has 6 nitrogen and oxygen atoms in total. The topological polar surface area (TPSA) is 78.8 Å². The van der Waals surface area contributed by atoms with E-state index in [0.717, 1.165) is 21.2 Å². The number of nitrogens with one attached hydrogen (secondary N) is 1. The smallest absolute Gasteiger partial charge is 0.255 e. The Morgan fingerprint density at radius 1 is 1.00 bits per heavy atom. The fourth-order valence-corrected chi connectivity index (χ4v) is 4.78. The molecule has 0 unspecified atom stereocenters. The molecule has 8 heteroatoms. The highest BCUT2D eigenvalue weighted by atomic mass is 79.9. The third kappa shape index (κ3) is 6.59. The second-order valence-electron chi connectivity index (χ2n) is 7.20. The van der Waals surface area contributed by atoms with Gasteiger partial charge in [-0.1, -0.05) is 82.2 Å². The van der Waals surface area contributed by atoms with Gasteiger partial charge in [0.25, 0.3) is 5.91 Å². The number of aryl methyl sites for hydroxylation is 1. The number of carbonyl (C=O) groups excluding carboxylic acids is 1. The summed E-state index contributed by atoms with van der Waals surface area (Å²) >= 11 is 3.41. The lowest BCUT2D eigenvalue weighted by molar-refractivity contribution is -0.121. The molecule has 0 atom stereocenters. The van der Waals surface area contributed by atoms with Crippen LogP contribution in [0.25, 0.3) is 0 Å². The third-order valence-electron chi connectivity index (χ3n) is 4.77. The lowest BCUT2D eigenvalue weighted by atomic mass is 10.1. The maximum atomic E-state index is 13.2. The number of benzene rings is 3. The van der Waals surface area contributed by atoms with Gasteiger partial charge in [0.05, 0.1) is 17.7 Å². The minimum Gasteiger partial charge on any atom is -0.272 e. The molecule has 0 aliphatic carbocycles. The molecule has 166 valence electrons. The molecule has 0 aliphatic heterocycles. The van der Waals surface area contributed by atoms with Gasteiger partial charge in [0.15, 0.2) is 0 Å². The van der Waals surface area contributed by atoms with Crippen molar-refractivity contribution in [2.45, 2.75) is 18.2 Å². The minimum atomic E-state index is -3.85. The summed E-state index contributed by atoms with van der Waals surface area (Å²) in [6.07, 6.45) is 1.99. The van der Waals surface area contributed by atoms with Gasteiger partial charge in [-0.05, 0) is 37.1 Å². The highest BCUT2D eigenvalue weighted by molar-refractivity contribution is 9.10. The normalized spacial score (nSPS) is 11.7. The Morgan fingerprint density at radius 2 is 1.66 bits per heavy atom. The zero-order valence-electron chi connectivity index (χ0n) is 17.6. The van der Waals surface area contributed by atoms with E-state index in [9.17, 15) is 13.2 Å². The summed E-state index contributed by atoms with van der Waals surface area (Å²) in [6.45, 7) is 1.72. The summed E-state index contributed by atoms with van der Waals surface area (Å²) in [5.74, 6) is -0.517. The number of nitrogens with zero attached hydrogens (tertiary/aromatic N) is 2. The number of hydrogen-bond donors (Lipinski definition) is 1. The Kier molecular flexibility index (Phi) is 8.33. The van der Waals surface area contributed by atoms with Crippen molar-refractivity contribution < 1.29 is 13.2 Å². The number of halogens is 1. The van der Waals surface area contributed by atoms with E-state index in [1.807, 2.05) is 61.5 Å². The number of hydrogen-bond acceptors (Lipinski definition) is 4. The molecular formula is C24H24BrN3O3S. The van der Waals surface area contributed by atoms with Crippen LogP contribution in [0, 0.1) is 6.92 Å². The summed E-state index contributed by atoms with van der Waals surface area (Å²) in [7, 11) is -3.85. The predicted molar refractivity (Wildman–Crippen MR) is 130 cm³/mol. The Morgan fingerprint density at radius 3 is 2.34 bits per heavy atom. The van der Waals surface area contributed by atoms with Gasteiger partial charge in [-0.15, -0.1) is 0 Å². The summed E-state index contributed by atoms with van der Waals surface area (Å²) in [4.78, 5) is 12.7. The van der Waals surface area contributed by atoms with E-state index < -0.39 is 15.9 Å². The van der Waals surface area contributed by atoms with Crippen molar-refractivity contribution in [1.82, 2.24) is 9.73 Å². The van der Waals surface area contributed by atoms with Gasteiger partial charge in [0.1, 0.15) is 0 Å². The monoisotopic (exact) mass is 513 g/mol. The molecule has 0 aromatic heterocycles. The van der Waals surface area contributed by atoms with Crippen LogP contribution in [0.2, 0.25) is 0 Å². The van der Waals surface area contributed by atoms with Crippen LogP contribution in [-0.4, -0.2) is 37.9 Å². The molecule has 0 bridgehead atoms. The van der Waals surface area contributed by atoms with Crippen molar-refractivity contribution in [3.8, 4) is 0 Å². The standard InChI is InChI=1S/C24H24BrN3O3S/c1-19-11-13-22(14-12-19)32(30,31)28(16-15-20-7-3-2-4-8-20)18-24(29)27-26-17-21-9-5-6-10-23(21)25/h2-14,17H,15-16,18H2,1H3,(H,27,29)/b26-17-.